The topological polar surface area (TPSA) is 67.9 Å². The van der Waals surface area contributed by atoms with E-state index in [4.69, 9.17) is 21.1 Å². The van der Waals surface area contributed by atoms with Crippen molar-refractivity contribution in [3.8, 4) is 5.75 Å². The third kappa shape index (κ3) is 6.27. The first-order chi connectivity index (χ1) is 15.9. The van der Waals surface area contributed by atoms with Crippen molar-refractivity contribution in [3.05, 3.63) is 64.7 Å². The highest BCUT2D eigenvalue weighted by atomic mass is 35.5. The van der Waals surface area contributed by atoms with Crippen molar-refractivity contribution in [2.24, 2.45) is 0 Å². The van der Waals surface area contributed by atoms with E-state index in [-0.39, 0.29) is 17.9 Å². The highest BCUT2D eigenvalue weighted by Gasteiger charge is 2.43. The Kier molecular flexibility index (Phi) is 8.75. The highest BCUT2D eigenvalue weighted by molar-refractivity contribution is 6.30. The molecule has 6 nitrogen and oxygen atoms in total. The second kappa shape index (κ2) is 11.5. The summed E-state index contributed by atoms with van der Waals surface area (Å²) in [4.78, 5) is 27.4. The van der Waals surface area contributed by atoms with Crippen LogP contribution in [0, 0.1) is 0 Å². The first-order valence-electron chi connectivity index (χ1n) is 11.4. The summed E-state index contributed by atoms with van der Waals surface area (Å²) >= 11 is 6.04. The molecule has 0 spiro atoms. The van der Waals surface area contributed by atoms with Crippen molar-refractivity contribution in [1.82, 2.24) is 10.2 Å². The summed E-state index contributed by atoms with van der Waals surface area (Å²) in [5.74, 6) is 0.389. The fourth-order valence-electron chi connectivity index (χ4n) is 4.43. The zero-order valence-corrected chi connectivity index (χ0v) is 20.4. The Balaban J connectivity index is 1.64. The Morgan fingerprint density at radius 3 is 2.45 bits per heavy atom. The minimum absolute atomic E-state index is 0.0389. The van der Waals surface area contributed by atoms with Gasteiger partial charge < -0.3 is 14.8 Å². The summed E-state index contributed by atoms with van der Waals surface area (Å²) < 4.78 is 10.6. The predicted octanol–water partition coefficient (Wildman–Crippen LogP) is 5.02. The smallest absolute Gasteiger partial charge is 0.337 e. The van der Waals surface area contributed by atoms with Crippen LogP contribution in [-0.4, -0.2) is 49.6 Å². The summed E-state index contributed by atoms with van der Waals surface area (Å²) in [7, 11) is 3.36. The van der Waals surface area contributed by atoms with Crippen LogP contribution in [0.2, 0.25) is 5.02 Å². The molecule has 0 aromatic heterocycles. The molecule has 178 valence electrons. The number of ether oxygens (including phenoxy) is 2. The lowest BCUT2D eigenvalue weighted by Gasteiger charge is -2.43. The summed E-state index contributed by atoms with van der Waals surface area (Å²) in [5, 5.41) is 3.85. The van der Waals surface area contributed by atoms with Gasteiger partial charge in [0.15, 0.2) is 0 Å². The second-order valence-corrected chi connectivity index (χ2v) is 9.06. The van der Waals surface area contributed by atoms with Crippen LogP contribution in [-0.2, 0) is 9.53 Å². The van der Waals surface area contributed by atoms with E-state index in [9.17, 15) is 9.59 Å². The number of hydrogen-bond donors (Lipinski definition) is 1. The van der Waals surface area contributed by atoms with Crippen LogP contribution in [0.15, 0.2) is 48.5 Å². The first kappa shape index (κ1) is 25.1. The number of likely N-dealkylation sites (N-methyl/N-ethyl adjacent to an activating group) is 1. The Morgan fingerprint density at radius 2 is 1.82 bits per heavy atom. The van der Waals surface area contributed by atoms with Gasteiger partial charge in [-0.3, -0.25) is 9.69 Å². The van der Waals surface area contributed by atoms with Crippen molar-refractivity contribution >= 4 is 23.5 Å². The predicted molar refractivity (Wildman–Crippen MR) is 130 cm³/mol. The van der Waals surface area contributed by atoms with Gasteiger partial charge in [0.1, 0.15) is 17.9 Å². The Morgan fingerprint density at radius 1 is 1.12 bits per heavy atom. The molecule has 2 aromatic carbocycles. The van der Waals surface area contributed by atoms with E-state index in [1.54, 1.807) is 18.2 Å². The average molecular weight is 473 g/mol. The summed E-state index contributed by atoms with van der Waals surface area (Å²) in [5.41, 5.74) is 0.868. The molecule has 3 rings (SSSR count). The molecule has 0 saturated heterocycles. The van der Waals surface area contributed by atoms with Crippen LogP contribution in [0.3, 0.4) is 0 Å². The first-order valence-corrected chi connectivity index (χ1v) is 11.8. The van der Waals surface area contributed by atoms with Gasteiger partial charge in [0.05, 0.1) is 18.7 Å². The normalized spacial score (nSPS) is 16.2. The molecule has 1 amide bonds. The number of nitrogens with zero attached hydrogens (tertiary/aromatic N) is 1. The molecule has 33 heavy (non-hydrogen) atoms. The largest absolute Gasteiger partial charge is 0.492 e. The number of carbonyl (C=O) groups excluding carboxylic acids is 2. The zero-order valence-electron chi connectivity index (χ0n) is 19.6. The standard InChI is InChI=1S/C26H33ClN2O4/c1-19(20-10-12-21(13-11-20)24(30)32-3)28-25(31)26(14-5-4-6-15-26)29(2)16-17-33-23-9-7-8-22(27)18-23/h7-13,18-19H,4-6,14-17H2,1-3H3,(H,28,31). The second-order valence-electron chi connectivity index (χ2n) is 8.63. The molecular weight excluding hydrogens is 440 g/mol. The van der Waals surface area contributed by atoms with Crippen molar-refractivity contribution in [2.45, 2.75) is 50.6 Å². The molecule has 1 unspecified atom stereocenters. The van der Waals surface area contributed by atoms with E-state index in [1.807, 2.05) is 44.3 Å². The molecule has 0 aliphatic heterocycles. The molecule has 1 N–H and O–H groups in total. The number of carbonyl (C=O) groups is 2. The van der Waals surface area contributed by atoms with Gasteiger partial charge >= 0.3 is 5.97 Å². The Bertz CT molecular complexity index is 942. The van der Waals surface area contributed by atoms with Gasteiger partial charge in [-0.25, -0.2) is 4.79 Å². The maximum Gasteiger partial charge on any atom is 0.337 e. The van der Waals surface area contributed by atoms with E-state index in [1.165, 1.54) is 7.11 Å². The van der Waals surface area contributed by atoms with E-state index in [2.05, 4.69) is 10.2 Å². The minimum Gasteiger partial charge on any atom is -0.492 e. The lowest BCUT2D eigenvalue weighted by molar-refractivity contribution is -0.136. The fourth-order valence-corrected chi connectivity index (χ4v) is 4.61. The maximum atomic E-state index is 13.6. The van der Waals surface area contributed by atoms with Crippen molar-refractivity contribution in [2.75, 3.05) is 27.3 Å². The van der Waals surface area contributed by atoms with E-state index in [0.29, 0.717) is 23.7 Å². The highest BCUT2D eigenvalue weighted by Crippen LogP contribution is 2.34. The molecule has 0 heterocycles. The molecule has 0 radical (unpaired) electrons. The van der Waals surface area contributed by atoms with Crippen LogP contribution in [0.4, 0.5) is 0 Å². The number of esters is 1. The van der Waals surface area contributed by atoms with Gasteiger partial charge in [-0.05, 0) is 62.7 Å². The fraction of sp³-hybridized carbons (Fsp3) is 0.462. The maximum absolute atomic E-state index is 13.6. The van der Waals surface area contributed by atoms with Crippen molar-refractivity contribution in [1.29, 1.82) is 0 Å². The SMILES string of the molecule is COC(=O)c1ccc(C(C)NC(=O)C2(N(C)CCOc3cccc(Cl)c3)CCCCC2)cc1. The van der Waals surface area contributed by atoms with Crippen molar-refractivity contribution in [3.63, 3.8) is 0 Å². The van der Waals surface area contributed by atoms with Gasteiger partial charge in [-0.2, -0.15) is 0 Å². The molecule has 1 fully saturated rings. The third-order valence-corrected chi connectivity index (χ3v) is 6.74. The van der Waals surface area contributed by atoms with Crippen LogP contribution in [0.25, 0.3) is 0 Å². The van der Waals surface area contributed by atoms with E-state index >= 15 is 0 Å². The molecule has 1 aliphatic carbocycles. The molecule has 1 atom stereocenters. The average Bonchev–Trinajstić information content (AvgIpc) is 2.84. The molecule has 2 aromatic rings. The lowest BCUT2D eigenvalue weighted by atomic mass is 9.79. The third-order valence-electron chi connectivity index (χ3n) is 6.50. The van der Waals surface area contributed by atoms with E-state index < -0.39 is 5.54 Å². The number of benzene rings is 2. The van der Waals surface area contributed by atoms with Gasteiger partial charge in [-0.1, -0.05) is 49.1 Å². The Hall–Kier alpha value is -2.57. The number of hydrogen-bond acceptors (Lipinski definition) is 5. The number of halogens is 1. The zero-order chi connectivity index (χ0) is 23.8. The monoisotopic (exact) mass is 472 g/mol. The van der Waals surface area contributed by atoms with Crippen molar-refractivity contribution < 1.29 is 19.1 Å². The van der Waals surface area contributed by atoms with Crippen LogP contribution >= 0.6 is 11.6 Å². The summed E-state index contributed by atoms with van der Waals surface area (Å²) in [6.45, 7) is 3.06. The molecular formula is C26H33ClN2O4. The molecule has 7 heteroatoms. The van der Waals surface area contributed by atoms with Crippen LogP contribution < -0.4 is 10.1 Å². The molecule has 1 saturated carbocycles. The van der Waals surface area contributed by atoms with Gasteiger partial charge in [0.2, 0.25) is 5.91 Å². The van der Waals surface area contributed by atoms with Crippen LogP contribution in [0.5, 0.6) is 5.75 Å². The van der Waals surface area contributed by atoms with Gasteiger partial charge in [-0.15, -0.1) is 0 Å². The number of nitrogens with one attached hydrogen (secondary N) is 1. The molecule has 1 aliphatic rings. The number of rotatable bonds is 9. The lowest BCUT2D eigenvalue weighted by Crippen LogP contribution is -2.59. The van der Waals surface area contributed by atoms with Crippen LogP contribution in [0.1, 0.15) is 61.0 Å². The van der Waals surface area contributed by atoms with Gasteiger partial charge in [0, 0.05) is 11.6 Å². The van der Waals surface area contributed by atoms with E-state index in [0.717, 1.165) is 43.4 Å². The van der Waals surface area contributed by atoms with Gasteiger partial charge in [0.25, 0.3) is 0 Å². The summed E-state index contributed by atoms with van der Waals surface area (Å²) in [6.07, 6.45) is 4.83. The summed E-state index contributed by atoms with van der Waals surface area (Å²) in [6, 6.07) is 14.3. The number of amides is 1. The quantitative estimate of drug-likeness (QED) is 0.519. The number of methoxy groups -OCH3 is 1. The minimum atomic E-state index is -0.559. The Labute approximate surface area is 201 Å². The molecule has 0 bridgehead atoms.